The first-order chi connectivity index (χ1) is 6.81. The summed E-state index contributed by atoms with van der Waals surface area (Å²) >= 11 is 0. The van der Waals surface area contributed by atoms with Crippen LogP contribution in [-0.2, 0) is 6.42 Å². The van der Waals surface area contributed by atoms with Gasteiger partial charge in [0.05, 0.1) is 13.7 Å². The van der Waals surface area contributed by atoms with E-state index in [2.05, 4.69) is 6.58 Å². The fraction of sp³-hybridized carbons (Fsp3) is 0.333. The molecule has 0 atom stereocenters. The number of ether oxygens (including phenoxy) is 2. The van der Waals surface area contributed by atoms with Crippen molar-refractivity contribution in [3.05, 3.63) is 36.4 Å². The van der Waals surface area contributed by atoms with Crippen molar-refractivity contribution < 1.29 is 9.47 Å². The van der Waals surface area contributed by atoms with Gasteiger partial charge in [0.25, 0.3) is 0 Å². The van der Waals surface area contributed by atoms with Gasteiger partial charge in [-0.25, -0.2) is 0 Å². The third-order valence-corrected chi connectivity index (χ3v) is 1.93. The lowest BCUT2D eigenvalue weighted by molar-refractivity contribution is 0.338. The zero-order chi connectivity index (χ0) is 10.4. The Hall–Kier alpha value is -1.44. The lowest BCUT2D eigenvalue weighted by Crippen LogP contribution is -1.95. The molecule has 0 radical (unpaired) electrons. The Kier molecular flexibility index (Phi) is 4.05. The molecule has 0 aliphatic heterocycles. The molecule has 1 aromatic carbocycles. The van der Waals surface area contributed by atoms with Gasteiger partial charge in [-0.05, 0) is 31.5 Å². The van der Waals surface area contributed by atoms with Crippen LogP contribution in [0.4, 0.5) is 0 Å². The quantitative estimate of drug-likeness (QED) is 0.668. The second-order valence-corrected chi connectivity index (χ2v) is 2.90. The van der Waals surface area contributed by atoms with Gasteiger partial charge in [0.1, 0.15) is 11.5 Å². The number of methoxy groups -OCH3 is 1. The standard InChI is InChI=1S/C12H16O2/c1-4-6-10-9-11(14-5-2)7-8-12(10)13-3/h4,7-9H,1,5-6H2,2-3H3. The molecule has 1 aromatic rings. The lowest BCUT2D eigenvalue weighted by Gasteiger charge is -2.09. The first-order valence-corrected chi connectivity index (χ1v) is 4.72. The summed E-state index contributed by atoms with van der Waals surface area (Å²) in [4.78, 5) is 0. The molecular weight excluding hydrogens is 176 g/mol. The summed E-state index contributed by atoms with van der Waals surface area (Å²) in [5, 5.41) is 0. The van der Waals surface area contributed by atoms with Crippen molar-refractivity contribution in [1.82, 2.24) is 0 Å². The molecule has 0 saturated heterocycles. The van der Waals surface area contributed by atoms with Gasteiger partial charge in [-0.1, -0.05) is 6.08 Å². The molecule has 2 heteroatoms. The number of rotatable bonds is 5. The third kappa shape index (κ3) is 2.52. The largest absolute Gasteiger partial charge is 0.496 e. The van der Waals surface area contributed by atoms with E-state index < -0.39 is 0 Å². The van der Waals surface area contributed by atoms with E-state index in [0.29, 0.717) is 6.61 Å². The molecule has 0 unspecified atom stereocenters. The average molecular weight is 192 g/mol. The smallest absolute Gasteiger partial charge is 0.122 e. The zero-order valence-corrected chi connectivity index (χ0v) is 8.75. The third-order valence-electron chi connectivity index (χ3n) is 1.93. The van der Waals surface area contributed by atoms with E-state index in [1.807, 2.05) is 31.2 Å². The van der Waals surface area contributed by atoms with Crippen molar-refractivity contribution in [1.29, 1.82) is 0 Å². The molecule has 0 aromatic heterocycles. The molecule has 0 N–H and O–H groups in total. The van der Waals surface area contributed by atoms with Crippen LogP contribution in [0, 0.1) is 0 Å². The number of allylic oxidation sites excluding steroid dienone is 1. The summed E-state index contributed by atoms with van der Waals surface area (Å²) in [6.45, 7) is 6.36. The van der Waals surface area contributed by atoms with Crippen LogP contribution in [0.15, 0.2) is 30.9 Å². The number of hydrogen-bond donors (Lipinski definition) is 0. The molecule has 1 rings (SSSR count). The Morgan fingerprint density at radius 3 is 2.79 bits per heavy atom. The molecule has 2 nitrogen and oxygen atoms in total. The Balaban J connectivity index is 2.94. The number of hydrogen-bond acceptors (Lipinski definition) is 2. The molecule has 0 fully saturated rings. The first kappa shape index (κ1) is 10.6. The van der Waals surface area contributed by atoms with Gasteiger partial charge in [0.2, 0.25) is 0 Å². The van der Waals surface area contributed by atoms with E-state index in [1.54, 1.807) is 7.11 Å². The molecule has 0 amide bonds. The van der Waals surface area contributed by atoms with Crippen molar-refractivity contribution >= 4 is 0 Å². The van der Waals surface area contributed by atoms with Crippen LogP contribution in [0.1, 0.15) is 12.5 Å². The van der Waals surface area contributed by atoms with Gasteiger partial charge < -0.3 is 9.47 Å². The van der Waals surface area contributed by atoms with E-state index in [0.717, 1.165) is 23.5 Å². The summed E-state index contributed by atoms with van der Waals surface area (Å²) in [5.74, 6) is 1.76. The van der Waals surface area contributed by atoms with Crippen LogP contribution >= 0.6 is 0 Å². The van der Waals surface area contributed by atoms with Crippen LogP contribution in [0.5, 0.6) is 11.5 Å². The minimum Gasteiger partial charge on any atom is -0.496 e. The maximum absolute atomic E-state index is 5.40. The highest BCUT2D eigenvalue weighted by atomic mass is 16.5. The average Bonchev–Trinajstić information content (AvgIpc) is 2.19. The topological polar surface area (TPSA) is 18.5 Å². The molecule has 0 aliphatic rings. The van der Waals surface area contributed by atoms with Crippen molar-refractivity contribution in [3.8, 4) is 11.5 Å². The van der Waals surface area contributed by atoms with Gasteiger partial charge in [0, 0.05) is 5.56 Å². The fourth-order valence-corrected chi connectivity index (χ4v) is 1.33. The minimum atomic E-state index is 0.680. The zero-order valence-electron chi connectivity index (χ0n) is 8.75. The van der Waals surface area contributed by atoms with E-state index in [4.69, 9.17) is 9.47 Å². The second kappa shape index (κ2) is 5.32. The minimum absolute atomic E-state index is 0.680. The predicted molar refractivity (Wildman–Crippen MR) is 58.1 cm³/mol. The highest BCUT2D eigenvalue weighted by molar-refractivity contribution is 5.41. The number of benzene rings is 1. The van der Waals surface area contributed by atoms with E-state index in [9.17, 15) is 0 Å². The van der Waals surface area contributed by atoms with Gasteiger partial charge in [-0.2, -0.15) is 0 Å². The monoisotopic (exact) mass is 192 g/mol. The van der Waals surface area contributed by atoms with Gasteiger partial charge in [0.15, 0.2) is 0 Å². The maximum Gasteiger partial charge on any atom is 0.122 e. The van der Waals surface area contributed by atoms with Crippen molar-refractivity contribution in [2.75, 3.05) is 13.7 Å². The van der Waals surface area contributed by atoms with Gasteiger partial charge in [-0.3, -0.25) is 0 Å². The Morgan fingerprint density at radius 1 is 1.43 bits per heavy atom. The Morgan fingerprint density at radius 2 is 2.21 bits per heavy atom. The van der Waals surface area contributed by atoms with Crippen molar-refractivity contribution in [2.24, 2.45) is 0 Å². The molecule has 0 bridgehead atoms. The molecule has 0 saturated carbocycles. The van der Waals surface area contributed by atoms with Gasteiger partial charge in [-0.15, -0.1) is 6.58 Å². The molecule has 0 heterocycles. The molecule has 0 spiro atoms. The summed E-state index contributed by atoms with van der Waals surface area (Å²) in [6.07, 6.45) is 2.65. The lowest BCUT2D eigenvalue weighted by atomic mass is 10.1. The second-order valence-electron chi connectivity index (χ2n) is 2.90. The molecular formula is C12H16O2. The van der Waals surface area contributed by atoms with Gasteiger partial charge >= 0.3 is 0 Å². The highest BCUT2D eigenvalue weighted by Gasteiger charge is 2.02. The van der Waals surface area contributed by atoms with Crippen LogP contribution in [0.3, 0.4) is 0 Å². The van der Waals surface area contributed by atoms with E-state index >= 15 is 0 Å². The first-order valence-electron chi connectivity index (χ1n) is 4.72. The van der Waals surface area contributed by atoms with E-state index in [1.165, 1.54) is 0 Å². The normalized spacial score (nSPS) is 9.57. The Labute approximate surface area is 85.2 Å². The van der Waals surface area contributed by atoms with E-state index in [-0.39, 0.29) is 0 Å². The summed E-state index contributed by atoms with van der Waals surface area (Å²) < 4.78 is 10.6. The summed E-state index contributed by atoms with van der Waals surface area (Å²) in [7, 11) is 1.67. The van der Waals surface area contributed by atoms with Crippen LogP contribution < -0.4 is 9.47 Å². The van der Waals surface area contributed by atoms with Crippen LogP contribution in [-0.4, -0.2) is 13.7 Å². The predicted octanol–water partition coefficient (Wildman–Crippen LogP) is 2.82. The molecule has 14 heavy (non-hydrogen) atoms. The van der Waals surface area contributed by atoms with Crippen LogP contribution in [0.2, 0.25) is 0 Å². The van der Waals surface area contributed by atoms with Crippen molar-refractivity contribution in [2.45, 2.75) is 13.3 Å². The molecule has 0 aliphatic carbocycles. The SMILES string of the molecule is C=CCc1cc(OCC)ccc1OC. The molecule has 76 valence electrons. The highest BCUT2D eigenvalue weighted by Crippen LogP contribution is 2.24. The summed E-state index contributed by atoms with van der Waals surface area (Å²) in [5.41, 5.74) is 1.11. The fourth-order valence-electron chi connectivity index (χ4n) is 1.33. The summed E-state index contributed by atoms with van der Waals surface area (Å²) in [6, 6.07) is 5.82. The maximum atomic E-state index is 5.40. The Bertz CT molecular complexity index is 305. The van der Waals surface area contributed by atoms with Crippen LogP contribution in [0.25, 0.3) is 0 Å². The van der Waals surface area contributed by atoms with Crippen molar-refractivity contribution in [3.63, 3.8) is 0 Å².